The fraction of sp³-hybridized carbons (Fsp3) is 0.357. The molecule has 0 saturated carbocycles. The number of benzene rings is 1. The third-order valence-corrected chi connectivity index (χ3v) is 3.35. The first-order valence-corrected chi connectivity index (χ1v) is 6.28. The molecule has 1 atom stereocenters. The molecule has 2 heterocycles. The standard InChI is InChI=1S/C14H17N3O/c1-15-10-14-12-4-2-5-13(11(12)6-9-18-14)17-8-3-7-16-17/h2-5,7-8,14-15H,6,9-10H2,1H3/t14-/m0/s1. The van der Waals surface area contributed by atoms with E-state index in [-0.39, 0.29) is 6.10 Å². The van der Waals surface area contributed by atoms with Gasteiger partial charge < -0.3 is 10.1 Å². The van der Waals surface area contributed by atoms with Gasteiger partial charge in [-0.2, -0.15) is 5.10 Å². The van der Waals surface area contributed by atoms with Crippen LogP contribution in [0.25, 0.3) is 5.69 Å². The third-order valence-electron chi connectivity index (χ3n) is 3.35. The highest BCUT2D eigenvalue weighted by molar-refractivity contribution is 5.47. The summed E-state index contributed by atoms with van der Waals surface area (Å²) in [6.45, 7) is 1.62. The molecule has 1 N–H and O–H groups in total. The summed E-state index contributed by atoms with van der Waals surface area (Å²) in [4.78, 5) is 0. The summed E-state index contributed by atoms with van der Waals surface area (Å²) in [6.07, 6.45) is 4.89. The van der Waals surface area contributed by atoms with Crippen molar-refractivity contribution in [1.29, 1.82) is 0 Å². The number of nitrogens with zero attached hydrogens (tertiary/aromatic N) is 2. The zero-order valence-electron chi connectivity index (χ0n) is 10.5. The molecule has 18 heavy (non-hydrogen) atoms. The van der Waals surface area contributed by atoms with Crippen LogP contribution in [0.3, 0.4) is 0 Å². The minimum Gasteiger partial charge on any atom is -0.372 e. The molecule has 0 fully saturated rings. The zero-order valence-corrected chi connectivity index (χ0v) is 10.5. The molecule has 1 aromatic carbocycles. The first-order chi connectivity index (χ1) is 8.90. The molecule has 1 aliphatic heterocycles. The minimum absolute atomic E-state index is 0.147. The van der Waals surface area contributed by atoms with Gasteiger partial charge in [0.2, 0.25) is 0 Å². The second-order valence-electron chi connectivity index (χ2n) is 4.46. The van der Waals surface area contributed by atoms with Gasteiger partial charge in [-0.3, -0.25) is 0 Å². The van der Waals surface area contributed by atoms with Crippen molar-refractivity contribution in [2.24, 2.45) is 0 Å². The molecular formula is C14H17N3O. The normalized spacial score (nSPS) is 18.6. The van der Waals surface area contributed by atoms with E-state index in [4.69, 9.17) is 4.74 Å². The number of ether oxygens (including phenoxy) is 1. The van der Waals surface area contributed by atoms with Crippen LogP contribution in [-0.2, 0) is 11.2 Å². The highest BCUT2D eigenvalue weighted by Crippen LogP contribution is 2.30. The molecule has 0 unspecified atom stereocenters. The van der Waals surface area contributed by atoms with Crippen LogP contribution in [0.1, 0.15) is 17.2 Å². The zero-order chi connectivity index (χ0) is 12.4. The van der Waals surface area contributed by atoms with E-state index < -0.39 is 0 Å². The van der Waals surface area contributed by atoms with Gasteiger partial charge in [-0.05, 0) is 36.7 Å². The van der Waals surface area contributed by atoms with Crippen LogP contribution in [0.2, 0.25) is 0 Å². The summed E-state index contributed by atoms with van der Waals surface area (Å²) in [7, 11) is 1.95. The number of fused-ring (bicyclic) bond motifs is 1. The van der Waals surface area contributed by atoms with Crippen molar-refractivity contribution in [3.05, 3.63) is 47.8 Å². The van der Waals surface area contributed by atoms with Gasteiger partial charge in [-0.15, -0.1) is 0 Å². The number of rotatable bonds is 3. The number of nitrogens with one attached hydrogen (secondary N) is 1. The molecule has 0 aliphatic carbocycles. The summed E-state index contributed by atoms with van der Waals surface area (Å²) in [5.41, 5.74) is 3.80. The molecule has 1 aromatic heterocycles. The quantitative estimate of drug-likeness (QED) is 0.892. The maximum atomic E-state index is 5.83. The van der Waals surface area contributed by atoms with Gasteiger partial charge in [-0.1, -0.05) is 12.1 Å². The van der Waals surface area contributed by atoms with E-state index in [9.17, 15) is 0 Å². The predicted octanol–water partition coefficient (Wildman–Crippen LogP) is 1.71. The number of hydrogen-bond acceptors (Lipinski definition) is 3. The number of aromatic nitrogens is 2. The summed E-state index contributed by atoms with van der Waals surface area (Å²) >= 11 is 0. The molecule has 0 amide bonds. The van der Waals surface area contributed by atoms with E-state index in [1.165, 1.54) is 16.8 Å². The minimum atomic E-state index is 0.147. The highest BCUT2D eigenvalue weighted by Gasteiger charge is 2.22. The predicted molar refractivity (Wildman–Crippen MR) is 69.9 cm³/mol. The molecule has 4 heteroatoms. The molecule has 0 saturated heterocycles. The van der Waals surface area contributed by atoms with E-state index in [0.717, 1.165) is 19.6 Å². The van der Waals surface area contributed by atoms with Gasteiger partial charge in [0.05, 0.1) is 18.4 Å². The Hall–Kier alpha value is -1.65. The number of likely N-dealkylation sites (N-methyl/N-ethyl adjacent to an activating group) is 1. The lowest BCUT2D eigenvalue weighted by Crippen LogP contribution is -2.26. The van der Waals surface area contributed by atoms with Crippen LogP contribution in [0.4, 0.5) is 0 Å². The summed E-state index contributed by atoms with van der Waals surface area (Å²) in [5, 5.41) is 7.51. The molecular weight excluding hydrogens is 226 g/mol. The summed E-state index contributed by atoms with van der Waals surface area (Å²) in [6, 6.07) is 8.30. The summed E-state index contributed by atoms with van der Waals surface area (Å²) < 4.78 is 7.76. The van der Waals surface area contributed by atoms with Crippen LogP contribution >= 0.6 is 0 Å². The Labute approximate surface area is 107 Å². The fourth-order valence-electron chi connectivity index (χ4n) is 2.54. The first kappa shape index (κ1) is 11.4. The third kappa shape index (κ3) is 1.94. The number of hydrogen-bond donors (Lipinski definition) is 1. The first-order valence-electron chi connectivity index (χ1n) is 6.28. The van der Waals surface area contributed by atoms with E-state index in [1.807, 2.05) is 30.2 Å². The average molecular weight is 243 g/mol. The molecule has 4 nitrogen and oxygen atoms in total. The van der Waals surface area contributed by atoms with E-state index in [1.54, 1.807) is 0 Å². The molecule has 3 rings (SSSR count). The maximum Gasteiger partial charge on any atom is 0.0952 e. The van der Waals surface area contributed by atoms with Gasteiger partial charge in [0.15, 0.2) is 0 Å². The lowest BCUT2D eigenvalue weighted by Gasteiger charge is -2.27. The Kier molecular flexibility index (Phi) is 3.13. The molecule has 94 valence electrons. The topological polar surface area (TPSA) is 39.1 Å². The molecule has 2 aromatic rings. The second kappa shape index (κ2) is 4.92. The Morgan fingerprint density at radius 3 is 3.17 bits per heavy atom. The van der Waals surface area contributed by atoms with Crippen molar-refractivity contribution in [2.75, 3.05) is 20.2 Å². The Bertz CT molecular complexity index is 522. The van der Waals surface area contributed by atoms with Crippen molar-refractivity contribution >= 4 is 0 Å². The van der Waals surface area contributed by atoms with Crippen LogP contribution in [0, 0.1) is 0 Å². The van der Waals surface area contributed by atoms with Crippen molar-refractivity contribution in [2.45, 2.75) is 12.5 Å². The Morgan fingerprint density at radius 2 is 2.39 bits per heavy atom. The van der Waals surface area contributed by atoms with Crippen LogP contribution in [0.5, 0.6) is 0 Å². The van der Waals surface area contributed by atoms with E-state index in [2.05, 4.69) is 28.6 Å². The fourth-order valence-corrected chi connectivity index (χ4v) is 2.54. The van der Waals surface area contributed by atoms with E-state index in [0.29, 0.717) is 0 Å². The van der Waals surface area contributed by atoms with Crippen LogP contribution in [-0.4, -0.2) is 30.0 Å². The highest BCUT2D eigenvalue weighted by atomic mass is 16.5. The molecule has 0 bridgehead atoms. The Morgan fingerprint density at radius 1 is 1.44 bits per heavy atom. The van der Waals surface area contributed by atoms with Crippen molar-refractivity contribution < 1.29 is 4.74 Å². The van der Waals surface area contributed by atoms with E-state index >= 15 is 0 Å². The van der Waals surface area contributed by atoms with Crippen molar-refractivity contribution in [3.8, 4) is 5.69 Å². The van der Waals surface area contributed by atoms with Gasteiger partial charge in [0.1, 0.15) is 0 Å². The van der Waals surface area contributed by atoms with Crippen molar-refractivity contribution in [3.63, 3.8) is 0 Å². The molecule has 0 spiro atoms. The van der Waals surface area contributed by atoms with Crippen LogP contribution in [0.15, 0.2) is 36.7 Å². The summed E-state index contributed by atoms with van der Waals surface area (Å²) in [5.74, 6) is 0. The Balaban J connectivity index is 2.06. The second-order valence-corrected chi connectivity index (χ2v) is 4.46. The van der Waals surface area contributed by atoms with Crippen LogP contribution < -0.4 is 5.32 Å². The monoisotopic (exact) mass is 243 g/mol. The average Bonchev–Trinajstić information content (AvgIpc) is 2.93. The molecule has 0 radical (unpaired) electrons. The van der Waals surface area contributed by atoms with Gasteiger partial charge >= 0.3 is 0 Å². The molecule has 1 aliphatic rings. The lowest BCUT2D eigenvalue weighted by molar-refractivity contribution is 0.0438. The smallest absolute Gasteiger partial charge is 0.0952 e. The maximum absolute atomic E-state index is 5.83. The van der Waals surface area contributed by atoms with Gasteiger partial charge in [0, 0.05) is 18.9 Å². The SMILES string of the molecule is CNC[C@@H]1OCCc2c1cccc2-n1cccn1. The van der Waals surface area contributed by atoms with Gasteiger partial charge in [0.25, 0.3) is 0 Å². The lowest BCUT2D eigenvalue weighted by atomic mass is 9.95. The van der Waals surface area contributed by atoms with Gasteiger partial charge in [-0.25, -0.2) is 4.68 Å². The largest absolute Gasteiger partial charge is 0.372 e. The van der Waals surface area contributed by atoms with Crippen molar-refractivity contribution in [1.82, 2.24) is 15.1 Å².